The molecule has 66 valence electrons. The Morgan fingerprint density at radius 3 is 2.55 bits per heavy atom. The molecule has 0 spiro atoms. The maximum Gasteiger partial charge on any atom is 0.0811 e. The van der Waals surface area contributed by atoms with Crippen LogP contribution in [0.4, 0.5) is 0 Å². The molecule has 3 heteroatoms. The third kappa shape index (κ3) is 2.77. The van der Waals surface area contributed by atoms with E-state index < -0.39 is 0 Å². The second-order valence-corrected chi connectivity index (χ2v) is 3.18. The van der Waals surface area contributed by atoms with E-state index in [1.807, 2.05) is 0 Å². The molecule has 0 aliphatic carbocycles. The number of rotatable bonds is 3. The molecule has 0 aromatic carbocycles. The van der Waals surface area contributed by atoms with Gasteiger partial charge in [0.2, 0.25) is 0 Å². The van der Waals surface area contributed by atoms with Gasteiger partial charge in [0, 0.05) is 13.1 Å². The molecular weight excluding hydrogens is 140 g/mol. The van der Waals surface area contributed by atoms with Crippen LogP contribution in [0.2, 0.25) is 0 Å². The summed E-state index contributed by atoms with van der Waals surface area (Å²) in [5.74, 6) is 5.10. The maximum atomic E-state index is 5.10. The lowest BCUT2D eigenvalue weighted by Gasteiger charge is -2.30. The van der Waals surface area contributed by atoms with Gasteiger partial charge in [-0.25, -0.2) is 5.90 Å². The largest absolute Gasteiger partial charge is 0.303 e. The number of likely N-dealkylation sites (tertiary alicyclic amines) is 1. The predicted octanol–water partition coefficient (Wildman–Crippen LogP) is 0.751. The summed E-state index contributed by atoms with van der Waals surface area (Å²) in [6.07, 6.45) is 3.74. The van der Waals surface area contributed by atoms with Gasteiger partial charge in [0.25, 0.3) is 0 Å². The first kappa shape index (κ1) is 8.97. The minimum Gasteiger partial charge on any atom is -0.303 e. The molecule has 2 N–H and O–H groups in total. The van der Waals surface area contributed by atoms with Gasteiger partial charge >= 0.3 is 0 Å². The normalized spacial score (nSPS) is 22.4. The second kappa shape index (κ2) is 4.70. The first-order valence-corrected chi connectivity index (χ1v) is 4.44. The van der Waals surface area contributed by atoms with Gasteiger partial charge in [-0.3, -0.25) is 0 Å². The van der Waals surface area contributed by atoms with Gasteiger partial charge in [-0.1, -0.05) is 6.92 Å². The summed E-state index contributed by atoms with van der Waals surface area (Å²) < 4.78 is 0. The molecule has 1 saturated heterocycles. The Balaban J connectivity index is 2.14. The van der Waals surface area contributed by atoms with E-state index in [4.69, 9.17) is 10.7 Å². The van der Waals surface area contributed by atoms with Gasteiger partial charge in [0.05, 0.1) is 6.10 Å². The Morgan fingerprint density at radius 2 is 2.09 bits per heavy atom. The lowest BCUT2D eigenvalue weighted by molar-refractivity contribution is 0.00667. The second-order valence-electron chi connectivity index (χ2n) is 3.18. The molecule has 3 nitrogen and oxygen atoms in total. The number of hydrogen-bond acceptors (Lipinski definition) is 3. The molecule has 0 aromatic heterocycles. The zero-order valence-corrected chi connectivity index (χ0v) is 7.25. The van der Waals surface area contributed by atoms with E-state index in [1.54, 1.807) is 0 Å². The van der Waals surface area contributed by atoms with E-state index in [0.29, 0.717) is 6.10 Å². The summed E-state index contributed by atoms with van der Waals surface area (Å²) in [5, 5.41) is 0. The minimum absolute atomic E-state index is 0.308. The van der Waals surface area contributed by atoms with E-state index in [2.05, 4.69) is 11.8 Å². The summed E-state index contributed by atoms with van der Waals surface area (Å²) in [4.78, 5) is 7.26. The van der Waals surface area contributed by atoms with Crippen LogP contribution in [0.5, 0.6) is 0 Å². The highest BCUT2D eigenvalue weighted by Gasteiger charge is 2.17. The van der Waals surface area contributed by atoms with Crippen molar-refractivity contribution in [3.8, 4) is 0 Å². The topological polar surface area (TPSA) is 38.5 Å². The first-order valence-electron chi connectivity index (χ1n) is 4.44. The van der Waals surface area contributed by atoms with Crippen molar-refractivity contribution < 1.29 is 4.84 Å². The Labute approximate surface area is 68.5 Å². The van der Waals surface area contributed by atoms with E-state index >= 15 is 0 Å². The highest BCUT2D eigenvalue weighted by atomic mass is 16.6. The maximum absolute atomic E-state index is 5.10. The molecule has 0 saturated carbocycles. The van der Waals surface area contributed by atoms with E-state index in [0.717, 1.165) is 25.9 Å². The molecule has 1 aliphatic rings. The molecule has 1 fully saturated rings. The number of hydrogen-bond donors (Lipinski definition) is 1. The average molecular weight is 158 g/mol. The van der Waals surface area contributed by atoms with Crippen molar-refractivity contribution in [1.82, 2.24) is 4.90 Å². The third-order valence-electron chi connectivity index (χ3n) is 2.27. The van der Waals surface area contributed by atoms with Crippen molar-refractivity contribution in [2.75, 3.05) is 19.6 Å². The Hall–Kier alpha value is -0.120. The highest BCUT2D eigenvalue weighted by molar-refractivity contribution is 4.71. The van der Waals surface area contributed by atoms with Crippen LogP contribution in [0.15, 0.2) is 0 Å². The quantitative estimate of drug-likeness (QED) is 0.616. The number of piperidine rings is 1. The zero-order valence-electron chi connectivity index (χ0n) is 7.25. The van der Waals surface area contributed by atoms with Crippen molar-refractivity contribution in [1.29, 1.82) is 0 Å². The summed E-state index contributed by atoms with van der Waals surface area (Å²) in [7, 11) is 0. The SMILES string of the molecule is CCCN1CCC(ON)CC1. The Kier molecular flexibility index (Phi) is 3.83. The molecule has 0 bridgehead atoms. The van der Waals surface area contributed by atoms with E-state index in [9.17, 15) is 0 Å². The first-order chi connectivity index (χ1) is 5.36. The van der Waals surface area contributed by atoms with Crippen LogP contribution in [-0.4, -0.2) is 30.6 Å². The molecule has 0 unspecified atom stereocenters. The lowest BCUT2D eigenvalue weighted by atomic mass is 10.1. The highest BCUT2D eigenvalue weighted by Crippen LogP contribution is 2.11. The van der Waals surface area contributed by atoms with Gasteiger partial charge in [-0.05, 0) is 25.8 Å². The molecule has 1 rings (SSSR count). The lowest BCUT2D eigenvalue weighted by Crippen LogP contribution is -2.38. The van der Waals surface area contributed by atoms with Crippen LogP contribution < -0.4 is 5.90 Å². The summed E-state index contributed by atoms with van der Waals surface area (Å²) in [5.41, 5.74) is 0. The van der Waals surface area contributed by atoms with Crippen molar-refractivity contribution in [2.24, 2.45) is 5.90 Å². The minimum atomic E-state index is 0.308. The van der Waals surface area contributed by atoms with Gasteiger partial charge in [0.1, 0.15) is 0 Å². The van der Waals surface area contributed by atoms with Crippen LogP contribution in [0.3, 0.4) is 0 Å². The summed E-state index contributed by atoms with van der Waals surface area (Å²) >= 11 is 0. The fourth-order valence-electron chi connectivity index (χ4n) is 1.59. The van der Waals surface area contributed by atoms with Gasteiger partial charge < -0.3 is 9.74 Å². The fourth-order valence-corrected chi connectivity index (χ4v) is 1.59. The Bertz CT molecular complexity index is 100. The summed E-state index contributed by atoms with van der Waals surface area (Å²) in [6.45, 7) is 5.73. The van der Waals surface area contributed by atoms with Crippen LogP contribution in [0, 0.1) is 0 Å². The number of nitrogens with two attached hydrogens (primary N) is 1. The predicted molar refractivity (Wildman–Crippen MR) is 45.0 cm³/mol. The molecular formula is C8H18N2O. The van der Waals surface area contributed by atoms with Crippen molar-refractivity contribution in [2.45, 2.75) is 32.3 Å². The van der Waals surface area contributed by atoms with Crippen molar-refractivity contribution in [3.05, 3.63) is 0 Å². The van der Waals surface area contributed by atoms with Gasteiger partial charge in [-0.15, -0.1) is 0 Å². The molecule has 0 radical (unpaired) electrons. The molecule has 11 heavy (non-hydrogen) atoms. The molecule has 1 heterocycles. The Morgan fingerprint density at radius 1 is 1.45 bits per heavy atom. The van der Waals surface area contributed by atoms with Crippen LogP contribution in [0.1, 0.15) is 26.2 Å². The van der Waals surface area contributed by atoms with Crippen LogP contribution in [-0.2, 0) is 4.84 Å². The van der Waals surface area contributed by atoms with Crippen molar-refractivity contribution in [3.63, 3.8) is 0 Å². The van der Waals surface area contributed by atoms with E-state index in [-0.39, 0.29) is 0 Å². The molecule has 1 aliphatic heterocycles. The van der Waals surface area contributed by atoms with Crippen molar-refractivity contribution >= 4 is 0 Å². The van der Waals surface area contributed by atoms with Crippen LogP contribution >= 0.6 is 0 Å². The number of nitrogens with zero attached hydrogens (tertiary/aromatic N) is 1. The fraction of sp³-hybridized carbons (Fsp3) is 1.00. The van der Waals surface area contributed by atoms with Crippen LogP contribution in [0.25, 0.3) is 0 Å². The summed E-state index contributed by atoms with van der Waals surface area (Å²) in [6, 6.07) is 0. The smallest absolute Gasteiger partial charge is 0.0811 e. The third-order valence-corrected chi connectivity index (χ3v) is 2.27. The molecule has 0 atom stereocenters. The van der Waals surface area contributed by atoms with E-state index in [1.165, 1.54) is 13.0 Å². The molecule has 0 aromatic rings. The zero-order chi connectivity index (χ0) is 8.10. The van der Waals surface area contributed by atoms with Gasteiger partial charge in [0.15, 0.2) is 0 Å². The average Bonchev–Trinajstić information content (AvgIpc) is 2.07. The van der Waals surface area contributed by atoms with Gasteiger partial charge in [-0.2, -0.15) is 0 Å². The standard InChI is InChI=1S/C8H18N2O/c1-2-5-10-6-3-8(11-9)4-7-10/h8H,2-7,9H2,1H3. The monoisotopic (exact) mass is 158 g/mol. The molecule has 0 amide bonds.